The van der Waals surface area contributed by atoms with E-state index in [2.05, 4.69) is 65.0 Å². The minimum Gasteiger partial charge on any atom is -0.460 e. The maximum absolute atomic E-state index is 12.8. The van der Waals surface area contributed by atoms with Gasteiger partial charge in [0.1, 0.15) is 22.5 Å². The number of hydrogen-bond donors (Lipinski definition) is 1. The Morgan fingerprint density at radius 1 is 1.17 bits per heavy atom. The Bertz CT molecular complexity index is 1290. The Labute approximate surface area is 210 Å². The molecule has 0 spiro atoms. The number of rotatable bonds is 6. The summed E-state index contributed by atoms with van der Waals surface area (Å²) in [6, 6.07) is 7.82. The van der Waals surface area contributed by atoms with E-state index in [4.69, 9.17) is 15.5 Å². The van der Waals surface area contributed by atoms with Gasteiger partial charge in [0.2, 0.25) is 0 Å². The van der Waals surface area contributed by atoms with Gasteiger partial charge in [-0.3, -0.25) is 14.4 Å². The number of carbonyl (C=O) groups is 1. The molecule has 1 aromatic carbocycles. The van der Waals surface area contributed by atoms with Crippen molar-refractivity contribution in [3.05, 3.63) is 69.1 Å². The molecule has 2 aromatic heterocycles. The number of fused-ring (bicyclic) bond motifs is 3. The van der Waals surface area contributed by atoms with Crippen LogP contribution < -0.4 is 5.73 Å². The molecule has 1 atom stereocenters. The maximum Gasteiger partial charge on any atom is 0.308 e. The van der Waals surface area contributed by atoms with E-state index < -0.39 is 11.6 Å². The standard InChI is InChI=1S/C27H33N5O2S/c1-16-17(2)35-26-23(16)24(20-12-10-19(11-13-20)9-7-8-14-28)29-21(15-22(33)34-27(4,5)6)25-31-30-18(3)32(25)26/h7,9-13,21H,8,14-15,28H2,1-6H3/b9-7+/t21-/m0/s1. The summed E-state index contributed by atoms with van der Waals surface area (Å²) in [5.41, 5.74) is 10.2. The van der Waals surface area contributed by atoms with Crippen LogP contribution in [0, 0.1) is 20.8 Å². The third-order valence-electron chi connectivity index (χ3n) is 5.85. The highest BCUT2D eigenvalue weighted by Crippen LogP contribution is 2.39. The number of thiophene rings is 1. The highest BCUT2D eigenvalue weighted by Gasteiger charge is 2.33. The molecule has 3 aromatic rings. The molecule has 35 heavy (non-hydrogen) atoms. The largest absolute Gasteiger partial charge is 0.460 e. The molecular formula is C27H33N5O2S. The summed E-state index contributed by atoms with van der Waals surface area (Å²) in [5, 5.41) is 9.83. The average molecular weight is 492 g/mol. The van der Waals surface area contributed by atoms with E-state index in [0.717, 1.165) is 39.6 Å². The molecular weight excluding hydrogens is 458 g/mol. The van der Waals surface area contributed by atoms with Gasteiger partial charge in [-0.1, -0.05) is 36.4 Å². The van der Waals surface area contributed by atoms with E-state index in [1.165, 1.54) is 10.4 Å². The number of carbonyl (C=O) groups excluding carboxylic acids is 1. The van der Waals surface area contributed by atoms with Crippen molar-refractivity contribution >= 4 is 29.1 Å². The van der Waals surface area contributed by atoms with Crippen LogP contribution in [0.2, 0.25) is 0 Å². The molecule has 2 N–H and O–H groups in total. The van der Waals surface area contributed by atoms with E-state index in [-0.39, 0.29) is 12.4 Å². The highest BCUT2D eigenvalue weighted by atomic mass is 32.1. The fourth-order valence-electron chi connectivity index (χ4n) is 4.13. The predicted molar refractivity (Wildman–Crippen MR) is 141 cm³/mol. The summed E-state index contributed by atoms with van der Waals surface area (Å²) in [6.45, 7) is 12.4. The van der Waals surface area contributed by atoms with Crippen molar-refractivity contribution in [2.75, 3.05) is 6.54 Å². The van der Waals surface area contributed by atoms with Gasteiger partial charge in [-0.15, -0.1) is 21.5 Å². The summed E-state index contributed by atoms with van der Waals surface area (Å²) >= 11 is 1.70. The fourth-order valence-corrected chi connectivity index (χ4v) is 5.35. The minimum atomic E-state index is -0.572. The lowest BCUT2D eigenvalue weighted by atomic mass is 9.98. The Balaban J connectivity index is 1.83. The van der Waals surface area contributed by atoms with Crippen LogP contribution in [0.15, 0.2) is 35.3 Å². The molecule has 3 heterocycles. The van der Waals surface area contributed by atoms with Crippen LogP contribution in [0.5, 0.6) is 0 Å². The lowest BCUT2D eigenvalue weighted by Crippen LogP contribution is -2.25. The Kier molecular flexibility index (Phi) is 7.05. The number of aromatic nitrogens is 3. The van der Waals surface area contributed by atoms with Gasteiger partial charge in [0.05, 0.1) is 12.1 Å². The van der Waals surface area contributed by atoms with E-state index in [1.807, 2.05) is 27.7 Å². The minimum absolute atomic E-state index is 0.0891. The van der Waals surface area contributed by atoms with Crippen molar-refractivity contribution in [3.8, 4) is 5.00 Å². The number of ether oxygens (including phenoxy) is 1. The summed E-state index contributed by atoms with van der Waals surface area (Å²) in [7, 11) is 0. The lowest BCUT2D eigenvalue weighted by Gasteiger charge is -2.21. The number of nitrogens with two attached hydrogens (primary N) is 1. The van der Waals surface area contributed by atoms with Crippen molar-refractivity contribution in [3.63, 3.8) is 0 Å². The van der Waals surface area contributed by atoms with Gasteiger partial charge < -0.3 is 10.5 Å². The Morgan fingerprint density at radius 3 is 2.54 bits per heavy atom. The van der Waals surface area contributed by atoms with Gasteiger partial charge in [-0.25, -0.2) is 0 Å². The molecule has 1 aliphatic rings. The molecule has 0 aliphatic carbocycles. The third-order valence-corrected chi connectivity index (χ3v) is 7.04. The topological polar surface area (TPSA) is 95.4 Å². The molecule has 4 rings (SSSR count). The van der Waals surface area contributed by atoms with Crippen molar-refractivity contribution in [1.82, 2.24) is 14.8 Å². The molecule has 0 bridgehead atoms. The van der Waals surface area contributed by atoms with Crippen molar-refractivity contribution in [2.24, 2.45) is 10.7 Å². The number of nitrogens with zero attached hydrogens (tertiary/aromatic N) is 4. The van der Waals surface area contributed by atoms with Crippen LogP contribution in [-0.4, -0.2) is 38.6 Å². The van der Waals surface area contributed by atoms with E-state index in [9.17, 15) is 4.79 Å². The number of esters is 1. The zero-order valence-electron chi connectivity index (χ0n) is 21.3. The van der Waals surface area contributed by atoms with E-state index in [1.54, 1.807) is 11.3 Å². The van der Waals surface area contributed by atoms with Crippen LogP contribution in [-0.2, 0) is 9.53 Å². The predicted octanol–water partition coefficient (Wildman–Crippen LogP) is 5.24. The molecule has 7 nitrogen and oxygen atoms in total. The first-order valence-corrected chi connectivity index (χ1v) is 12.7. The zero-order chi connectivity index (χ0) is 25.3. The highest BCUT2D eigenvalue weighted by molar-refractivity contribution is 7.15. The second-order valence-electron chi connectivity index (χ2n) is 9.79. The van der Waals surface area contributed by atoms with Crippen molar-refractivity contribution in [1.29, 1.82) is 0 Å². The number of aliphatic imine (C=N–C) groups is 1. The van der Waals surface area contributed by atoms with Crippen LogP contribution >= 0.6 is 11.3 Å². The van der Waals surface area contributed by atoms with Gasteiger partial charge in [-0.05, 0) is 65.6 Å². The molecule has 0 saturated carbocycles. The fraction of sp³-hybridized carbons (Fsp3) is 0.407. The molecule has 0 saturated heterocycles. The van der Waals surface area contributed by atoms with Gasteiger partial charge >= 0.3 is 5.97 Å². The molecule has 1 aliphatic heterocycles. The summed E-state index contributed by atoms with van der Waals surface area (Å²) in [6.07, 6.45) is 5.09. The monoisotopic (exact) mass is 491 g/mol. The average Bonchev–Trinajstić information content (AvgIpc) is 3.25. The zero-order valence-corrected chi connectivity index (χ0v) is 22.1. The quantitative estimate of drug-likeness (QED) is 0.476. The van der Waals surface area contributed by atoms with Gasteiger partial charge in [-0.2, -0.15) is 0 Å². The Morgan fingerprint density at radius 2 is 1.89 bits per heavy atom. The summed E-state index contributed by atoms with van der Waals surface area (Å²) in [4.78, 5) is 19.2. The molecule has 0 fully saturated rings. The molecule has 8 heteroatoms. The first-order valence-electron chi connectivity index (χ1n) is 11.9. The Hall–Kier alpha value is -3.10. The molecule has 0 unspecified atom stereocenters. The van der Waals surface area contributed by atoms with Gasteiger partial charge in [0.25, 0.3) is 0 Å². The maximum atomic E-state index is 12.8. The van der Waals surface area contributed by atoms with Crippen LogP contribution in [0.1, 0.15) is 78.4 Å². The molecule has 0 amide bonds. The number of hydrogen-bond acceptors (Lipinski definition) is 7. The second-order valence-corrected chi connectivity index (χ2v) is 11.0. The van der Waals surface area contributed by atoms with Gasteiger partial charge in [0.15, 0.2) is 5.82 Å². The lowest BCUT2D eigenvalue weighted by molar-refractivity contribution is -0.155. The first-order chi connectivity index (χ1) is 16.6. The van der Waals surface area contributed by atoms with Crippen molar-refractivity contribution in [2.45, 2.75) is 66.0 Å². The SMILES string of the molecule is Cc1sc2c(c1C)C(c1ccc(/C=C/CCN)cc1)=N[C@@H](CC(=O)OC(C)(C)C)c1nnc(C)n1-2. The smallest absolute Gasteiger partial charge is 0.308 e. The number of aryl methyl sites for hydroxylation is 2. The second kappa shape index (κ2) is 9.87. The first kappa shape index (κ1) is 25.0. The summed E-state index contributed by atoms with van der Waals surface area (Å²) in [5.74, 6) is 1.12. The van der Waals surface area contributed by atoms with E-state index >= 15 is 0 Å². The number of benzene rings is 1. The van der Waals surface area contributed by atoms with Gasteiger partial charge in [0, 0.05) is 16.0 Å². The van der Waals surface area contributed by atoms with Crippen molar-refractivity contribution < 1.29 is 9.53 Å². The van der Waals surface area contributed by atoms with Crippen LogP contribution in [0.4, 0.5) is 0 Å². The normalized spacial score (nSPS) is 15.5. The molecule has 0 radical (unpaired) electrons. The van der Waals surface area contributed by atoms with E-state index in [0.29, 0.717) is 12.4 Å². The molecule has 184 valence electrons. The summed E-state index contributed by atoms with van der Waals surface area (Å²) < 4.78 is 7.68. The van der Waals surface area contributed by atoms with Crippen LogP contribution in [0.3, 0.4) is 0 Å². The third kappa shape index (κ3) is 5.28. The van der Waals surface area contributed by atoms with Crippen LogP contribution in [0.25, 0.3) is 11.1 Å².